The predicted octanol–water partition coefficient (Wildman–Crippen LogP) is 1.62. The summed E-state index contributed by atoms with van der Waals surface area (Å²) in [5, 5.41) is 3.45. The van der Waals surface area contributed by atoms with Crippen molar-refractivity contribution in [1.82, 2.24) is 14.9 Å². The molecule has 0 aromatic carbocycles. The molecule has 1 N–H and O–H groups in total. The number of aryl methyl sites for hydroxylation is 1. The van der Waals surface area contributed by atoms with Crippen molar-refractivity contribution in [2.24, 2.45) is 0 Å². The molecule has 2 rings (SSSR count). The van der Waals surface area contributed by atoms with E-state index in [-0.39, 0.29) is 11.6 Å². The summed E-state index contributed by atoms with van der Waals surface area (Å²) in [5.74, 6) is 1.12. The lowest BCUT2D eigenvalue weighted by Crippen LogP contribution is -2.55. The van der Waals surface area contributed by atoms with Gasteiger partial charge in [-0.15, -0.1) is 0 Å². The number of hydrogen-bond donors (Lipinski definition) is 1. The molecule has 0 aliphatic carbocycles. The third-order valence-corrected chi connectivity index (χ3v) is 4.28. The van der Waals surface area contributed by atoms with Crippen LogP contribution in [0.25, 0.3) is 0 Å². The highest BCUT2D eigenvalue weighted by atomic mass is 16.5. The van der Waals surface area contributed by atoms with Crippen molar-refractivity contribution in [3.05, 3.63) is 18.2 Å². The molecular formula is C15H27N3O2. The van der Waals surface area contributed by atoms with Gasteiger partial charge in [-0.25, -0.2) is 4.98 Å². The average Bonchev–Trinajstić information content (AvgIpc) is 2.93. The van der Waals surface area contributed by atoms with Crippen LogP contribution in [-0.2, 0) is 22.4 Å². The minimum absolute atomic E-state index is 0.133. The maximum absolute atomic E-state index is 6.17. The van der Waals surface area contributed by atoms with E-state index < -0.39 is 0 Å². The van der Waals surface area contributed by atoms with E-state index in [1.54, 1.807) is 0 Å². The van der Waals surface area contributed by atoms with Gasteiger partial charge in [-0.2, -0.15) is 0 Å². The zero-order chi connectivity index (χ0) is 14.4. The molecule has 1 aliphatic heterocycles. The minimum Gasteiger partial charge on any atom is -0.381 e. The lowest BCUT2D eigenvalue weighted by molar-refractivity contribution is -0.125. The summed E-state index contributed by atoms with van der Waals surface area (Å²) in [6.07, 6.45) is 6.69. The smallest absolute Gasteiger partial charge is 0.110 e. The molecule has 1 aromatic heterocycles. The van der Waals surface area contributed by atoms with E-state index in [4.69, 9.17) is 9.47 Å². The van der Waals surface area contributed by atoms with Crippen LogP contribution in [0.2, 0.25) is 0 Å². The van der Waals surface area contributed by atoms with Crippen molar-refractivity contribution in [1.29, 1.82) is 0 Å². The van der Waals surface area contributed by atoms with Crippen molar-refractivity contribution < 1.29 is 9.47 Å². The molecule has 0 saturated carbocycles. The fraction of sp³-hybridized carbons (Fsp3) is 0.800. The zero-order valence-electron chi connectivity index (χ0n) is 12.9. The molecule has 1 fully saturated rings. The van der Waals surface area contributed by atoms with E-state index >= 15 is 0 Å². The highest BCUT2D eigenvalue weighted by molar-refractivity contribution is 5.03. The van der Waals surface area contributed by atoms with Gasteiger partial charge in [0.25, 0.3) is 0 Å². The first kappa shape index (κ1) is 15.5. The van der Waals surface area contributed by atoms with Gasteiger partial charge in [-0.1, -0.05) is 0 Å². The van der Waals surface area contributed by atoms with Gasteiger partial charge in [0.1, 0.15) is 5.82 Å². The first-order valence-corrected chi connectivity index (χ1v) is 7.64. The first-order chi connectivity index (χ1) is 9.75. The molecule has 1 aromatic rings. The monoisotopic (exact) mass is 281 g/mol. The van der Waals surface area contributed by atoms with Gasteiger partial charge in [0.15, 0.2) is 0 Å². The highest BCUT2D eigenvalue weighted by Crippen LogP contribution is 2.30. The van der Waals surface area contributed by atoms with Crippen LogP contribution in [0.5, 0.6) is 0 Å². The number of likely N-dealkylation sites (N-methyl/N-ethyl adjacent to an activating group) is 1. The van der Waals surface area contributed by atoms with Crippen molar-refractivity contribution >= 4 is 0 Å². The van der Waals surface area contributed by atoms with Crippen molar-refractivity contribution in [2.75, 3.05) is 26.9 Å². The van der Waals surface area contributed by atoms with Crippen LogP contribution in [0.4, 0.5) is 0 Å². The molecule has 0 amide bonds. The quantitative estimate of drug-likeness (QED) is 0.825. The van der Waals surface area contributed by atoms with Crippen LogP contribution in [0.3, 0.4) is 0 Å². The normalized spacial score (nSPS) is 19.9. The second-order valence-corrected chi connectivity index (χ2v) is 5.29. The molecule has 114 valence electrons. The summed E-state index contributed by atoms with van der Waals surface area (Å²) < 4.78 is 13.9. The molecule has 1 saturated heterocycles. The second kappa shape index (κ2) is 7.20. The van der Waals surface area contributed by atoms with Crippen LogP contribution in [0.15, 0.2) is 12.4 Å². The van der Waals surface area contributed by atoms with Crippen molar-refractivity contribution in [2.45, 2.75) is 51.3 Å². The molecule has 1 aliphatic rings. The third kappa shape index (κ3) is 3.22. The van der Waals surface area contributed by atoms with Crippen LogP contribution in [0, 0.1) is 0 Å². The van der Waals surface area contributed by atoms with Crippen LogP contribution in [0.1, 0.15) is 32.5 Å². The molecule has 0 spiro atoms. The number of hydrogen-bond acceptors (Lipinski definition) is 4. The fourth-order valence-electron chi connectivity index (χ4n) is 3.15. The number of nitrogens with zero attached hydrogens (tertiary/aromatic N) is 2. The minimum atomic E-state index is -0.133. The number of ether oxygens (including phenoxy) is 2. The zero-order valence-corrected chi connectivity index (χ0v) is 12.9. The molecule has 0 bridgehead atoms. The van der Waals surface area contributed by atoms with E-state index in [1.807, 2.05) is 19.4 Å². The van der Waals surface area contributed by atoms with Crippen LogP contribution in [-0.4, -0.2) is 48.1 Å². The Hall–Kier alpha value is -0.910. The molecule has 5 heteroatoms. The highest BCUT2D eigenvalue weighted by Gasteiger charge is 2.41. The van der Waals surface area contributed by atoms with Gasteiger partial charge < -0.3 is 19.4 Å². The summed E-state index contributed by atoms with van der Waals surface area (Å²) in [6, 6.07) is 0.263. The van der Waals surface area contributed by atoms with Crippen molar-refractivity contribution in [3.8, 4) is 0 Å². The maximum Gasteiger partial charge on any atom is 0.110 e. The van der Waals surface area contributed by atoms with E-state index in [2.05, 4.69) is 28.7 Å². The van der Waals surface area contributed by atoms with Gasteiger partial charge in [0, 0.05) is 64.1 Å². The third-order valence-electron chi connectivity index (χ3n) is 4.28. The number of nitrogens with one attached hydrogen (secondary N) is 1. The standard InChI is InChI=1S/C15H27N3O2/c1-4-18-9-8-17-14(18)12-13(16-3)15(20-5-2)6-10-19-11-7-15/h8-9,13,16H,4-7,10-12H2,1-3H3. The largest absolute Gasteiger partial charge is 0.381 e. The van der Waals surface area contributed by atoms with E-state index in [1.165, 1.54) is 0 Å². The lowest BCUT2D eigenvalue weighted by atomic mass is 9.84. The first-order valence-electron chi connectivity index (χ1n) is 7.64. The Morgan fingerprint density at radius 2 is 2.20 bits per heavy atom. The molecule has 2 heterocycles. The van der Waals surface area contributed by atoms with Crippen molar-refractivity contribution in [3.63, 3.8) is 0 Å². The van der Waals surface area contributed by atoms with E-state index in [0.29, 0.717) is 0 Å². The van der Waals surface area contributed by atoms with Crippen LogP contribution >= 0.6 is 0 Å². The molecular weight excluding hydrogens is 254 g/mol. The average molecular weight is 281 g/mol. The molecule has 1 atom stereocenters. The number of aromatic nitrogens is 2. The Balaban J connectivity index is 2.15. The molecule has 20 heavy (non-hydrogen) atoms. The summed E-state index contributed by atoms with van der Waals surface area (Å²) in [7, 11) is 2.01. The van der Waals surface area contributed by atoms with Gasteiger partial charge in [0.05, 0.1) is 5.60 Å². The summed E-state index contributed by atoms with van der Waals surface area (Å²) in [6.45, 7) is 7.46. The Labute approximate surface area is 121 Å². The topological polar surface area (TPSA) is 48.3 Å². The lowest BCUT2D eigenvalue weighted by Gasteiger charge is -2.43. The Kier molecular flexibility index (Phi) is 5.57. The van der Waals surface area contributed by atoms with E-state index in [0.717, 1.165) is 51.5 Å². The van der Waals surface area contributed by atoms with Crippen LogP contribution < -0.4 is 5.32 Å². The Bertz CT molecular complexity index is 394. The molecule has 1 unspecified atom stereocenters. The fourth-order valence-corrected chi connectivity index (χ4v) is 3.15. The van der Waals surface area contributed by atoms with Gasteiger partial charge in [-0.05, 0) is 20.9 Å². The summed E-state index contributed by atoms with van der Waals surface area (Å²) in [5.41, 5.74) is -0.133. The molecule has 5 nitrogen and oxygen atoms in total. The second-order valence-electron chi connectivity index (χ2n) is 5.29. The number of rotatable bonds is 7. The predicted molar refractivity (Wildman–Crippen MR) is 78.9 cm³/mol. The maximum atomic E-state index is 6.17. The summed E-state index contributed by atoms with van der Waals surface area (Å²) in [4.78, 5) is 4.50. The van der Waals surface area contributed by atoms with Gasteiger partial charge in [-0.3, -0.25) is 0 Å². The molecule has 0 radical (unpaired) electrons. The Morgan fingerprint density at radius 3 is 2.80 bits per heavy atom. The van der Waals surface area contributed by atoms with E-state index in [9.17, 15) is 0 Å². The summed E-state index contributed by atoms with van der Waals surface area (Å²) >= 11 is 0. The Morgan fingerprint density at radius 1 is 1.45 bits per heavy atom. The SMILES string of the molecule is CCOC1(C(Cc2nccn2CC)NC)CCOCC1. The van der Waals surface area contributed by atoms with Gasteiger partial charge in [0.2, 0.25) is 0 Å². The number of imidazole rings is 1. The van der Waals surface area contributed by atoms with Gasteiger partial charge >= 0.3 is 0 Å².